The molecule has 2 aliphatic carbocycles. The van der Waals surface area contributed by atoms with Gasteiger partial charge in [0.15, 0.2) is 0 Å². The molecule has 0 aliphatic heterocycles. The number of rotatable bonds is 4. The van der Waals surface area contributed by atoms with Crippen molar-refractivity contribution in [1.82, 2.24) is 0 Å². The van der Waals surface area contributed by atoms with Gasteiger partial charge < -0.3 is 12.8 Å². The maximum absolute atomic E-state index is 2.90. The van der Waals surface area contributed by atoms with Gasteiger partial charge in [0.1, 0.15) is 0 Å². The van der Waals surface area contributed by atoms with Crippen molar-refractivity contribution >= 4 is 14.5 Å². The molecule has 0 N–H and O–H groups in total. The zero-order valence-electron chi connectivity index (χ0n) is 23.3. The van der Waals surface area contributed by atoms with Crippen molar-refractivity contribution in [1.29, 1.82) is 0 Å². The monoisotopic (exact) mass is 675 g/mol. The van der Waals surface area contributed by atoms with E-state index in [1.165, 1.54) is 97.3 Å². The first-order valence-corrected chi connectivity index (χ1v) is 14.6. The fraction of sp³-hybridized carbons (Fsp3) is 0.576. The van der Waals surface area contributed by atoms with E-state index in [0.29, 0.717) is 17.8 Å². The molecule has 1 atom stereocenters. The van der Waals surface area contributed by atoms with Crippen molar-refractivity contribution in [2.45, 2.75) is 124 Å². The maximum Gasteiger partial charge on any atom is 0 e. The Morgan fingerprint density at radius 2 is 1.06 bits per heavy atom. The first kappa shape index (κ1) is 32.6. The third-order valence-corrected chi connectivity index (χ3v) is 7.50. The molecule has 1 unspecified atom stereocenters. The summed E-state index contributed by atoms with van der Waals surface area (Å²) < 4.78 is 0. The van der Waals surface area contributed by atoms with Gasteiger partial charge in [0.2, 0.25) is 0 Å². The van der Waals surface area contributed by atoms with Gasteiger partial charge in [0.25, 0.3) is 0 Å². The van der Waals surface area contributed by atoms with Gasteiger partial charge in [-0.2, -0.15) is 25.7 Å². The van der Waals surface area contributed by atoms with E-state index < -0.39 is 0 Å². The van der Waals surface area contributed by atoms with Gasteiger partial charge in [-0.3, -0.25) is 0 Å². The first-order chi connectivity index (χ1) is 16.3. The maximum atomic E-state index is 2.90. The van der Waals surface area contributed by atoms with Crippen LogP contribution in [0, 0.1) is 12.8 Å². The standard InChI is InChI=1S/C21H29P.2C6H11.Au/c1-13(2)16-11-18(14(3)4)21(19(12-16)15(5)6)17-9-7-8-10-20(17)22;2*1-2-4-6-5-3-1;/h7-15H,22H2,1-6H3;2*1H,2-6H2;/q;2*-1;. The van der Waals surface area contributed by atoms with Crippen LogP contribution < -0.4 is 5.30 Å². The van der Waals surface area contributed by atoms with E-state index in [9.17, 15) is 0 Å². The topological polar surface area (TPSA) is 0 Å². The van der Waals surface area contributed by atoms with Gasteiger partial charge in [-0.05, 0) is 50.9 Å². The molecule has 0 aromatic heterocycles. The molecule has 2 aromatic rings. The van der Waals surface area contributed by atoms with Crippen molar-refractivity contribution in [3.63, 3.8) is 0 Å². The summed E-state index contributed by atoms with van der Waals surface area (Å²) in [6, 6.07) is 13.5. The van der Waals surface area contributed by atoms with Crippen LogP contribution in [0.25, 0.3) is 11.1 Å². The molecule has 0 bridgehead atoms. The van der Waals surface area contributed by atoms with Crippen LogP contribution in [0.1, 0.15) is 140 Å². The minimum absolute atomic E-state index is 0. The molecular formula is C33H51AuP-2. The van der Waals surface area contributed by atoms with Gasteiger partial charge in [-0.25, -0.2) is 0 Å². The predicted molar refractivity (Wildman–Crippen MR) is 158 cm³/mol. The Kier molecular flexibility index (Phi) is 16.7. The van der Waals surface area contributed by atoms with Gasteiger partial charge in [0, 0.05) is 22.4 Å². The fourth-order valence-corrected chi connectivity index (χ4v) is 5.14. The Hall–Kier alpha value is -0.390. The minimum atomic E-state index is 0. The summed E-state index contributed by atoms with van der Waals surface area (Å²) in [7, 11) is 2.90. The summed E-state index contributed by atoms with van der Waals surface area (Å²) in [4.78, 5) is 0. The molecule has 0 heterocycles. The third kappa shape index (κ3) is 11.3. The zero-order valence-corrected chi connectivity index (χ0v) is 26.6. The van der Waals surface area contributed by atoms with Crippen LogP contribution in [0.5, 0.6) is 0 Å². The van der Waals surface area contributed by atoms with Crippen LogP contribution >= 0.6 is 9.24 Å². The summed E-state index contributed by atoms with van der Waals surface area (Å²) in [5.74, 6) is 1.61. The largest absolute Gasteiger partial charge is 0.328 e. The smallest absolute Gasteiger partial charge is 0 e. The quantitative estimate of drug-likeness (QED) is 0.172. The van der Waals surface area contributed by atoms with Crippen LogP contribution in [0.15, 0.2) is 36.4 Å². The molecule has 0 nitrogen and oxygen atoms in total. The Morgan fingerprint density at radius 3 is 1.34 bits per heavy atom. The average molecular weight is 676 g/mol. The molecule has 0 spiro atoms. The third-order valence-electron chi connectivity index (χ3n) is 7.00. The van der Waals surface area contributed by atoms with Crippen LogP contribution in [0.2, 0.25) is 0 Å². The van der Waals surface area contributed by atoms with Crippen LogP contribution in [-0.2, 0) is 22.4 Å². The predicted octanol–water partition coefficient (Wildman–Crippen LogP) is 10.5. The van der Waals surface area contributed by atoms with E-state index in [0.717, 1.165) is 0 Å². The molecule has 35 heavy (non-hydrogen) atoms. The van der Waals surface area contributed by atoms with E-state index in [1.54, 1.807) is 0 Å². The van der Waals surface area contributed by atoms with E-state index in [4.69, 9.17) is 0 Å². The number of benzene rings is 2. The van der Waals surface area contributed by atoms with E-state index in [-0.39, 0.29) is 22.4 Å². The molecule has 201 valence electrons. The summed E-state index contributed by atoms with van der Waals surface area (Å²) in [6.07, 6.45) is 19.0. The molecule has 2 fully saturated rings. The van der Waals surface area contributed by atoms with Crippen LogP contribution in [0.4, 0.5) is 0 Å². The average Bonchev–Trinajstić information content (AvgIpc) is 2.86. The van der Waals surface area contributed by atoms with Gasteiger partial charge >= 0.3 is 0 Å². The van der Waals surface area contributed by atoms with E-state index in [2.05, 4.69) is 100 Å². The fourth-order valence-electron chi connectivity index (χ4n) is 4.79. The molecule has 2 saturated carbocycles. The second-order valence-electron chi connectivity index (χ2n) is 11.0. The molecule has 2 aromatic carbocycles. The van der Waals surface area contributed by atoms with Crippen molar-refractivity contribution in [3.8, 4) is 11.1 Å². The molecule has 0 saturated heterocycles. The van der Waals surface area contributed by atoms with Crippen molar-refractivity contribution in [3.05, 3.63) is 65.9 Å². The summed E-state index contributed by atoms with van der Waals surface area (Å²) >= 11 is 0. The van der Waals surface area contributed by atoms with E-state index >= 15 is 0 Å². The number of hydrogen-bond donors (Lipinski definition) is 0. The van der Waals surface area contributed by atoms with Crippen molar-refractivity contribution in [2.24, 2.45) is 0 Å². The molecular weight excluding hydrogens is 624 g/mol. The Morgan fingerprint density at radius 1 is 0.629 bits per heavy atom. The Bertz CT molecular complexity index is 765. The summed E-state index contributed by atoms with van der Waals surface area (Å²) in [5.41, 5.74) is 7.21. The number of hydrogen-bond acceptors (Lipinski definition) is 0. The van der Waals surface area contributed by atoms with Crippen LogP contribution in [0.3, 0.4) is 0 Å². The van der Waals surface area contributed by atoms with Gasteiger partial charge in [-0.1, -0.05) is 116 Å². The van der Waals surface area contributed by atoms with Gasteiger partial charge in [-0.15, -0.1) is 9.24 Å². The zero-order chi connectivity index (χ0) is 24.9. The molecule has 0 amide bonds. The SMILES string of the molecule is CC(C)c1cc(C(C)C)c(-c2ccccc2P)c(C(C)C)c1.[Au].[CH-]1CCCCC1.[CH-]1CCCCC1. The minimum Gasteiger partial charge on any atom is -0.328 e. The molecule has 4 rings (SSSR count). The summed E-state index contributed by atoms with van der Waals surface area (Å²) in [6.45, 7) is 13.8. The second kappa shape index (κ2) is 18.0. The van der Waals surface area contributed by atoms with Crippen molar-refractivity contribution in [2.75, 3.05) is 0 Å². The second-order valence-corrected chi connectivity index (χ2v) is 11.6. The van der Waals surface area contributed by atoms with Crippen LogP contribution in [-0.4, -0.2) is 0 Å². The molecule has 2 aliphatic rings. The van der Waals surface area contributed by atoms with Gasteiger partial charge in [0.05, 0.1) is 0 Å². The van der Waals surface area contributed by atoms with E-state index in [1.807, 2.05) is 0 Å². The molecule has 1 radical (unpaired) electrons. The Labute approximate surface area is 236 Å². The summed E-state index contributed by atoms with van der Waals surface area (Å²) in [5, 5.41) is 1.28. The first-order valence-electron chi connectivity index (χ1n) is 14.0. The Balaban J connectivity index is 0.000000382. The normalized spacial score (nSPS) is 15.6. The molecule has 2 heteroatoms. The van der Waals surface area contributed by atoms with Crippen molar-refractivity contribution < 1.29 is 22.4 Å².